The first kappa shape index (κ1) is 19.9. The van der Waals surface area contributed by atoms with Crippen LogP contribution in [-0.2, 0) is 20.7 Å². The molecule has 1 N–H and O–H groups in total. The summed E-state index contributed by atoms with van der Waals surface area (Å²) in [5, 5.41) is 13.4. The van der Waals surface area contributed by atoms with Crippen molar-refractivity contribution in [3.05, 3.63) is 64.2 Å². The van der Waals surface area contributed by atoms with Gasteiger partial charge in [-0.15, -0.1) is 0 Å². The lowest BCUT2D eigenvalue weighted by molar-refractivity contribution is -0.383. The Morgan fingerprint density at radius 1 is 1.15 bits per heavy atom. The molecule has 0 saturated heterocycles. The summed E-state index contributed by atoms with van der Waals surface area (Å²) in [6.07, 6.45) is -0.611. The molecule has 0 aliphatic heterocycles. The molecule has 2 aromatic rings. The van der Waals surface area contributed by atoms with Gasteiger partial charge < -0.3 is 14.8 Å². The zero-order chi connectivity index (χ0) is 19.8. The van der Waals surface area contributed by atoms with Crippen LogP contribution >= 0.6 is 0 Å². The van der Waals surface area contributed by atoms with E-state index in [-0.39, 0.29) is 17.8 Å². The summed E-state index contributed by atoms with van der Waals surface area (Å²) in [5.74, 6) is -0.520. The summed E-state index contributed by atoms with van der Waals surface area (Å²) in [5.41, 5.74) is 0.666. The Bertz CT molecular complexity index is 836. The Morgan fingerprint density at radius 3 is 2.52 bits per heavy atom. The molecule has 1 amide bonds. The van der Waals surface area contributed by atoms with Crippen LogP contribution < -0.4 is 10.1 Å². The molecule has 1 atom stereocenters. The van der Waals surface area contributed by atoms with Gasteiger partial charge in [0.25, 0.3) is 11.6 Å². The first-order valence-corrected chi connectivity index (χ1v) is 8.28. The second-order valence-electron chi connectivity index (χ2n) is 5.71. The fourth-order valence-corrected chi connectivity index (χ4v) is 2.43. The molecule has 0 radical (unpaired) electrons. The molecule has 8 heteroatoms. The largest absolute Gasteiger partial charge is 0.496 e. The topological polar surface area (TPSA) is 108 Å². The molecule has 0 aliphatic rings. The minimum Gasteiger partial charge on any atom is -0.496 e. The maximum atomic E-state index is 12.2. The number of anilines is 1. The number of amides is 1. The van der Waals surface area contributed by atoms with Crippen molar-refractivity contribution in [1.82, 2.24) is 0 Å². The van der Waals surface area contributed by atoms with Crippen LogP contribution in [0, 0.1) is 10.1 Å². The summed E-state index contributed by atoms with van der Waals surface area (Å²) >= 11 is 0. The van der Waals surface area contributed by atoms with E-state index in [1.165, 1.54) is 25.1 Å². The van der Waals surface area contributed by atoms with Gasteiger partial charge in [0, 0.05) is 12.5 Å². The van der Waals surface area contributed by atoms with Gasteiger partial charge in [-0.2, -0.15) is 0 Å². The average Bonchev–Trinajstić information content (AvgIpc) is 2.66. The smallest absolute Gasteiger partial charge is 0.306 e. The van der Waals surface area contributed by atoms with Crippen LogP contribution in [0.1, 0.15) is 18.9 Å². The van der Waals surface area contributed by atoms with Gasteiger partial charge in [-0.1, -0.05) is 30.3 Å². The lowest BCUT2D eigenvalue weighted by Gasteiger charge is -2.14. The number of nitrogens with one attached hydrogen (secondary N) is 1. The number of benzene rings is 2. The number of nitro groups is 1. The Labute approximate surface area is 156 Å². The lowest BCUT2D eigenvalue weighted by Crippen LogP contribution is -2.30. The van der Waals surface area contributed by atoms with Gasteiger partial charge in [0.1, 0.15) is 11.4 Å². The maximum Gasteiger partial charge on any atom is 0.306 e. The van der Waals surface area contributed by atoms with Crippen molar-refractivity contribution in [1.29, 1.82) is 0 Å². The number of nitro benzene ring substituents is 1. The van der Waals surface area contributed by atoms with Crippen molar-refractivity contribution in [2.75, 3.05) is 12.4 Å². The van der Waals surface area contributed by atoms with Crippen LogP contribution in [0.15, 0.2) is 48.5 Å². The van der Waals surface area contributed by atoms with E-state index in [2.05, 4.69) is 5.32 Å². The predicted octanol–water partition coefficient (Wildman–Crippen LogP) is 3.11. The van der Waals surface area contributed by atoms with E-state index in [1.807, 2.05) is 18.2 Å². The summed E-state index contributed by atoms with van der Waals surface area (Å²) in [4.78, 5) is 34.6. The number of para-hydroxylation sites is 3. The number of aryl methyl sites for hydroxylation is 1. The van der Waals surface area contributed by atoms with Crippen LogP contribution in [0.4, 0.5) is 11.4 Å². The maximum absolute atomic E-state index is 12.2. The van der Waals surface area contributed by atoms with Crippen molar-refractivity contribution < 1.29 is 24.0 Å². The number of hydrogen-bond acceptors (Lipinski definition) is 6. The first-order chi connectivity index (χ1) is 12.9. The van der Waals surface area contributed by atoms with E-state index in [1.54, 1.807) is 19.2 Å². The summed E-state index contributed by atoms with van der Waals surface area (Å²) in [6, 6.07) is 13.1. The quantitative estimate of drug-likeness (QED) is 0.433. The van der Waals surface area contributed by atoms with Crippen molar-refractivity contribution in [2.24, 2.45) is 0 Å². The highest BCUT2D eigenvalue weighted by Gasteiger charge is 2.21. The van der Waals surface area contributed by atoms with Crippen molar-refractivity contribution in [2.45, 2.75) is 25.9 Å². The third-order valence-corrected chi connectivity index (χ3v) is 3.83. The number of carbonyl (C=O) groups excluding carboxylic acids is 2. The molecule has 0 saturated carbocycles. The molecule has 8 nitrogen and oxygen atoms in total. The number of ether oxygens (including phenoxy) is 2. The van der Waals surface area contributed by atoms with Gasteiger partial charge in [-0.05, 0) is 31.0 Å². The number of esters is 1. The first-order valence-electron chi connectivity index (χ1n) is 8.28. The van der Waals surface area contributed by atoms with Gasteiger partial charge in [0.05, 0.1) is 12.0 Å². The van der Waals surface area contributed by atoms with Gasteiger partial charge in [0.2, 0.25) is 0 Å². The van der Waals surface area contributed by atoms with Gasteiger partial charge in [-0.3, -0.25) is 19.7 Å². The monoisotopic (exact) mass is 372 g/mol. The SMILES string of the molecule is COc1ccccc1CCC(=O)O[C@H](C)C(=O)Nc1ccccc1[N+](=O)[O-]. The average molecular weight is 372 g/mol. The molecule has 2 rings (SSSR count). The summed E-state index contributed by atoms with van der Waals surface area (Å²) in [7, 11) is 1.55. The molecular weight excluding hydrogens is 352 g/mol. The second-order valence-corrected chi connectivity index (χ2v) is 5.71. The van der Waals surface area contributed by atoms with Crippen LogP contribution in [0.5, 0.6) is 5.75 Å². The highest BCUT2D eigenvalue weighted by atomic mass is 16.6. The van der Waals surface area contributed by atoms with Crippen LogP contribution in [-0.4, -0.2) is 30.0 Å². The normalized spacial score (nSPS) is 11.3. The lowest BCUT2D eigenvalue weighted by atomic mass is 10.1. The molecular formula is C19H20N2O6. The zero-order valence-electron chi connectivity index (χ0n) is 15.0. The molecule has 0 heterocycles. The fourth-order valence-electron chi connectivity index (χ4n) is 2.43. The molecule has 142 valence electrons. The molecule has 0 aromatic heterocycles. The van der Waals surface area contributed by atoms with Gasteiger partial charge >= 0.3 is 5.97 Å². The molecule has 27 heavy (non-hydrogen) atoms. The zero-order valence-corrected chi connectivity index (χ0v) is 15.0. The van der Waals surface area contributed by atoms with Crippen molar-refractivity contribution in [3.8, 4) is 5.75 Å². The molecule has 0 fully saturated rings. The molecule has 0 spiro atoms. The van der Waals surface area contributed by atoms with Crippen LogP contribution in [0.2, 0.25) is 0 Å². The molecule has 0 bridgehead atoms. The van der Waals surface area contributed by atoms with Gasteiger partial charge in [0.15, 0.2) is 6.10 Å². The highest BCUT2D eigenvalue weighted by Crippen LogP contribution is 2.23. The number of rotatable bonds is 8. The Hall–Kier alpha value is -3.42. The Morgan fingerprint density at radius 2 is 1.81 bits per heavy atom. The number of methoxy groups -OCH3 is 1. The Kier molecular flexibility index (Phi) is 6.87. The molecule has 0 unspecified atom stereocenters. The minimum atomic E-state index is -1.09. The van der Waals surface area contributed by atoms with Gasteiger partial charge in [-0.25, -0.2) is 0 Å². The van der Waals surface area contributed by atoms with E-state index < -0.39 is 22.9 Å². The highest BCUT2D eigenvalue weighted by molar-refractivity contribution is 5.96. The van der Waals surface area contributed by atoms with Crippen LogP contribution in [0.25, 0.3) is 0 Å². The standard InChI is InChI=1S/C19H20N2O6/c1-13(19(23)20-15-8-4-5-9-16(15)21(24)25)27-18(22)12-11-14-7-3-6-10-17(14)26-2/h3-10,13H,11-12H2,1-2H3,(H,20,23)/t13-/m1/s1. The fraction of sp³-hybridized carbons (Fsp3) is 0.263. The van der Waals surface area contributed by atoms with E-state index in [0.717, 1.165) is 5.56 Å². The summed E-state index contributed by atoms with van der Waals surface area (Å²) in [6.45, 7) is 1.41. The number of carbonyl (C=O) groups is 2. The molecule has 2 aromatic carbocycles. The summed E-state index contributed by atoms with van der Waals surface area (Å²) < 4.78 is 10.3. The predicted molar refractivity (Wildman–Crippen MR) is 98.6 cm³/mol. The van der Waals surface area contributed by atoms with E-state index in [9.17, 15) is 19.7 Å². The van der Waals surface area contributed by atoms with Crippen molar-refractivity contribution >= 4 is 23.3 Å². The third kappa shape index (κ3) is 5.53. The van der Waals surface area contributed by atoms with E-state index in [4.69, 9.17) is 9.47 Å². The van der Waals surface area contributed by atoms with E-state index in [0.29, 0.717) is 12.2 Å². The van der Waals surface area contributed by atoms with Crippen molar-refractivity contribution in [3.63, 3.8) is 0 Å². The molecule has 0 aliphatic carbocycles. The Balaban J connectivity index is 1.90. The van der Waals surface area contributed by atoms with E-state index >= 15 is 0 Å². The number of hydrogen-bond donors (Lipinski definition) is 1. The third-order valence-electron chi connectivity index (χ3n) is 3.83. The number of nitrogens with zero attached hydrogens (tertiary/aromatic N) is 1. The van der Waals surface area contributed by atoms with Crippen LogP contribution in [0.3, 0.4) is 0 Å². The minimum absolute atomic E-state index is 0.0458. The second kappa shape index (κ2) is 9.33.